The van der Waals surface area contributed by atoms with Gasteiger partial charge in [0.25, 0.3) is 5.91 Å². The van der Waals surface area contributed by atoms with E-state index in [0.29, 0.717) is 5.02 Å². The smallest absolute Gasteiger partial charge is 0.407 e. The van der Waals surface area contributed by atoms with Crippen LogP contribution in [-0.2, 0) is 16.0 Å². The second-order valence-electron chi connectivity index (χ2n) is 7.54. The molecule has 3 rings (SSSR count). The van der Waals surface area contributed by atoms with Gasteiger partial charge in [0, 0.05) is 28.5 Å². The number of aromatic amines is 1. The monoisotopic (exact) mass is 440 g/mol. The van der Waals surface area contributed by atoms with Gasteiger partial charge in [-0.25, -0.2) is 10.2 Å². The Kier molecular flexibility index (Phi) is 7.67. The zero-order valence-electron chi connectivity index (χ0n) is 17.4. The molecule has 0 fully saturated rings. The molecule has 7 nitrogen and oxygen atoms in total. The Hall–Kier alpha value is -3.32. The number of hydrazone groups is 1. The van der Waals surface area contributed by atoms with Crippen LogP contribution in [0.15, 0.2) is 59.8 Å². The van der Waals surface area contributed by atoms with E-state index in [9.17, 15) is 9.59 Å². The zero-order valence-corrected chi connectivity index (χ0v) is 18.1. The van der Waals surface area contributed by atoms with Crippen LogP contribution in [0.3, 0.4) is 0 Å². The topological polar surface area (TPSA) is 95.6 Å². The van der Waals surface area contributed by atoms with Crippen LogP contribution in [0.5, 0.6) is 0 Å². The highest BCUT2D eigenvalue weighted by Gasteiger charge is 2.23. The molecule has 8 heteroatoms. The van der Waals surface area contributed by atoms with Gasteiger partial charge in [-0.2, -0.15) is 5.10 Å². The molecule has 1 atom stereocenters. The predicted octanol–water partition coefficient (Wildman–Crippen LogP) is 4.26. The summed E-state index contributed by atoms with van der Waals surface area (Å²) >= 11 is 5.87. The average Bonchev–Trinajstić information content (AvgIpc) is 3.16. The van der Waals surface area contributed by atoms with Gasteiger partial charge in [-0.3, -0.25) is 4.79 Å². The van der Waals surface area contributed by atoms with E-state index in [2.05, 4.69) is 20.8 Å². The van der Waals surface area contributed by atoms with Crippen LogP contribution in [0.2, 0.25) is 5.02 Å². The lowest BCUT2D eigenvalue weighted by Gasteiger charge is -2.17. The van der Waals surface area contributed by atoms with Crippen molar-refractivity contribution in [1.29, 1.82) is 0 Å². The molecule has 2 amide bonds. The summed E-state index contributed by atoms with van der Waals surface area (Å²) in [5.41, 5.74) is 5.14. The molecule has 2 aromatic carbocycles. The summed E-state index contributed by atoms with van der Waals surface area (Å²) in [4.78, 5) is 28.2. The van der Waals surface area contributed by atoms with E-state index in [1.165, 1.54) is 6.21 Å². The molecule has 0 bridgehead atoms. The molecule has 31 heavy (non-hydrogen) atoms. The summed E-state index contributed by atoms with van der Waals surface area (Å²) in [6.45, 7) is 4.14. The van der Waals surface area contributed by atoms with Crippen LogP contribution in [0.4, 0.5) is 4.79 Å². The first-order valence-electron chi connectivity index (χ1n) is 9.99. The van der Waals surface area contributed by atoms with Gasteiger partial charge in [0.15, 0.2) is 0 Å². The maximum Gasteiger partial charge on any atom is 0.407 e. The Labute approximate surface area is 185 Å². The van der Waals surface area contributed by atoms with Crippen molar-refractivity contribution in [3.05, 3.63) is 70.9 Å². The van der Waals surface area contributed by atoms with Gasteiger partial charge in [-0.05, 0) is 35.2 Å². The van der Waals surface area contributed by atoms with E-state index in [1.54, 1.807) is 24.3 Å². The molecule has 0 aliphatic rings. The average molecular weight is 441 g/mol. The summed E-state index contributed by atoms with van der Waals surface area (Å²) in [6.07, 6.45) is 2.98. The van der Waals surface area contributed by atoms with Crippen LogP contribution in [0.1, 0.15) is 25.0 Å². The summed E-state index contributed by atoms with van der Waals surface area (Å²) in [6, 6.07) is 13.9. The quantitative estimate of drug-likeness (QED) is 0.360. The Morgan fingerprint density at radius 2 is 1.90 bits per heavy atom. The first-order chi connectivity index (χ1) is 14.9. The number of nitrogens with zero attached hydrogens (tertiary/aromatic N) is 1. The van der Waals surface area contributed by atoms with Gasteiger partial charge in [0.1, 0.15) is 6.04 Å². The number of hydrogen-bond donors (Lipinski definition) is 3. The minimum atomic E-state index is -0.860. The van der Waals surface area contributed by atoms with Crippen molar-refractivity contribution in [2.45, 2.75) is 26.3 Å². The molecule has 1 aromatic heterocycles. The Morgan fingerprint density at radius 1 is 1.16 bits per heavy atom. The lowest BCUT2D eigenvalue weighted by molar-refractivity contribution is -0.123. The second kappa shape index (κ2) is 10.6. The Bertz CT molecular complexity index is 1060. The predicted molar refractivity (Wildman–Crippen MR) is 122 cm³/mol. The number of benzene rings is 2. The van der Waals surface area contributed by atoms with Crippen molar-refractivity contribution >= 4 is 40.7 Å². The summed E-state index contributed by atoms with van der Waals surface area (Å²) < 4.78 is 5.19. The van der Waals surface area contributed by atoms with Gasteiger partial charge >= 0.3 is 6.09 Å². The lowest BCUT2D eigenvalue weighted by atomic mass is 10.0. The molecule has 0 saturated heterocycles. The first kappa shape index (κ1) is 22.4. The number of aromatic nitrogens is 1. The van der Waals surface area contributed by atoms with Gasteiger partial charge in [0.2, 0.25) is 0 Å². The fourth-order valence-electron chi connectivity index (χ4n) is 2.95. The molecule has 0 unspecified atom stereocenters. The number of hydrogen-bond acceptors (Lipinski definition) is 4. The lowest BCUT2D eigenvalue weighted by Crippen LogP contribution is -2.47. The molecule has 0 radical (unpaired) electrons. The van der Waals surface area contributed by atoms with Crippen molar-refractivity contribution in [1.82, 2.24) is 15.7 Å². The highest BCUT2D eigenvalue weighted by molar-refractivity contribution is 6.30. The Morgan fingerprint density at radius 3 is 2.65 bits per heavy atom. The third-order valence-electron chi connectivity index (χ3n) is 4.51. The van der Waals surface area contributed by atoms with Gasteiger partial charge in [-0.15, -0.1) is 0 Å². The number of ether oxygens (including phenoxy) is 1. The highest BCUT2D eigenvalue weighted by Crippen LogP contribution is 2.19. The van der Waals surface area contributed by atoms with Crippen LogP contribution in [0, 0.1) is 5.92 Å². The summed E-state index contributed by atoms with van der Waals surface area (Å²) in [7, 11) is 0. The fraction of sp³-hybridized carbons (Fsp3) is 0.261. The highest BCUT2D eigenvalue weighted by atomic mass is 35.5. The number of carbonyl (C=O) groups excluding carboxylic acids is 2. The minimum Gasteiger partial charge on any atom is -0.449 e. The summed E-state index contributed by atoms with van der Waals surface area (Å²) in [5.74, 6) is -0.257. The number of nitrogens with one attached hydrogen (secondary N) is 3. The molecule has 0 spiro atoms. The maximum atomic E-state index is 12.8. The number of alkyl carbamates (subject to hydrolysis) is 1. The van der Waals surface area contributed by atoms with E-state index >= 15 is 0 Å². The van der Waals surface area contributed by atoms with Crippen LogP contribution >= 0.6 is 11.6 Å². The second-order valence-corrected chi connectivity index (χ2v) is 7.98. The van der Waals surface area contributed by atoms with Gasteiger partial charge in [-0.1, -0.05) is 55.8 Å². The Balaban J connectivity index is 1.71. The normalized spacial score (nSPS) is 12.3. The zero-order chi connectivity index (χ0) is 22.2. The number of rotatable bonds is 8. The van der Waals surface area contributed by atoms with Crippen LogP contribution in [0.25, 0.3) is 10.9 Å². The van der Waals surface area contributed by atoms with Crippen molar-refractivity contribution in [3.63, 3.8) is 0 Å². The van der Waals surface area contributed by atoms with Crippen molar-refractivity contribution in [2.75, 3.05) is 6.61 Å². The van der Waals surface area contributed by atoms with Crippen LogP contribution < -0.4 is 10.7 Å². The number of fused-ring (bicyclic) bond motifs is 1. The summed E-state index contributed by atoms with van der Waals surface area (Å²) in [5, 5.41) is 8.25. The maximum absolute atomic E-state index is 12.8. The molecule has 3 aromatic rings. The van der Waals surface area contributed by atoms with E-state index in [-0.39, 0.29) is 18.9 Å². The third-order valence-corrected chi connectivity index (χ3v) is 4.77. The molecule has 162 valence electrons. The number of halogens is 1. The number of carbonyl (C=O) groups is 2. The molecule has 0 saturated carbocycles. The van der Waals surface area contributed by atoms with Crippen molar-refractivity contribution < 1.29 is 14.3 Å². The van der Waals surface area contributed by atoms with Crippen LogP contribution in [-0.4, -0.2) is 35.8 Å². The van der Waals surface area contributed by atoms with Crippen molar-refractivity contribution in [2.24, 2.45) is 11.0 Å². The molecule has 0 aliphatic carbocycles. The van der Waals surface area contributed by atoms with E-state index in [1.807, 2.05) is 44.3 Å². The van der Waals surface area contributed by atoms with Crippen molar-refractivity contribution in [3.8, 4) is 0 Å². The number of para-hydroxylation sites is 1. The fourth-order valence-corrected chi connectivity index (χ4v) is 3.08. The van der Waals surface area contributed by atoms with E-state index in [0.717, 1.165) is 22.0 Å². The molecular formula is C23H25ClN4O3. The van der Waals surface area contributed by atoms with Gasteiger partial charge in [0.05, 0.1) is 12.8 Å². The molecule has 3 N–H and O–H groups in total. The molecule has 1 heterocycles. The largest absolute Gasteiger partial charge is 0.449 e. The number of amides is 2. The third kappa shape index (κ3) is 6.58. The van der Waals surface area contributed by atoms with E-state index in [4.69, 9.17) is 16.3 Å². The SMILES string of the molecule is CC(C)COC(=O)N[C@@H](Cc1c[nH]c2ccccc12)C(=O)N/N=C\c1ccc(Cl)cc1. The standard InChI is InChI=1S/C23H25ClN4O3/c1-15(2)14-31-23(30)27-21(11-17-13-25-20-6-4-3-5-19(17)20)22(29)28-26-12-16-7-9-18(24)10-8-16/h3-10,12-13,15,21,25H,11,14H2,1-2H3,(H,27,30)(H,28,29)/b26-12-/t21-/m0/s1. The number of H-pyrrole nitrogens is 1. The van der Waals surface area contributed by atoms with Gasteiger partial charge < -0.3 is 15.0 Å². The first-order valence-corrected chi connectivity index (χ1v) is 10.4. The molecule has 0 aliphatic heterocycles. The van der Waals surface area contributed by atoms with E-state index < -0.39 is 18.0 Å². The minimum absolute atomic E-state index is 0.190. The molecular weight excluding hydrogens is 416 g/mol.